The number of hydrogen-bond donors (Lipinski definition) is 0. The maximum atomic E-state index is 12.0. The molecule has 0 radical (unpaired) electrons. The lowest BCUT2D eigenvalue weighted by atomic mass is 10.1. The molecule has 0 heterocycles. The molecular formula is C9H10ClF3Si. The molecule has 0 aliphatic rings. The van der Waals surface area contributed by atoms with Crippen LogP contribution in [0.15, 0.2) is 24.3 Å². The van der Waals surface area contributed by atoms with E-state index in [-0.39, 0.29) is 6.42 Å². The minimum atomic E-state index is -5.39. The molecule has 0 aliphatic carbocycles. The van der Waals surface area contributed by atoms with Crippen molar-refractivity contribution in [2.45, 2.75) is 18.3 Å². The molecule has 0 fully saturated rings. The third-order valence-corrected chi connectivity index (χ3v) is 3.00. The van der Waals surface area contributed by atoms with Gasteiger partial charge < -0.3 is 0 Å². The van der Waals surface area contributed by atoms with Crippen LogP contribution in [0.5, 0.6) is 0 Å². The topological polar surface area (TPSA) is 0 Å². The second kappa shape index (κ2) is 4.84. The van der Waals surface area contributed by atoms with Crippen LogP contribution < -0.4 is 0 Å². The number of aryl methyl sites for hydroxylation is 1. The van der Waals surface area contributed by atoms with E-state index in [0.717, 1.165) is 11.1 Å². The van der Waals surface area contributed by atoms with Crippen molar-refractivity contribution in [3.63, 3.8) is 0 Å². The van der Waals surface area contributed by atoms with Gasteiger partial charge in [-0.2, -0.15) is 0 Å². The first-order valence-corrected chi connectivity index (χ1v) is 6.59. The van der Waals surface area contributed by atoms with E-state index in [9.17, 15) is 12.3 Å². The van der Waals surface area contributed by atoms with E-state index < -0.39 is 15.1 Å². The van der Waals surface area contributed by atoms with Gasteiger partial charge in [-0.1, -0.05) is 24.3 Å². The zero-order valence-electron chi connectivity index (χ0n) is 7.44. The van der Waals surface area contributed by atoms with Gasteiger partial charge in [0.05, 0.1) is 0 Å². The lowest BCUT2D eigenvalue weighted by molar-refractivity contribution is 0.467. The summed E-state index contributed by atoms with van der Waals surface area (Å²) in [7, 11) is -5.39. The molecule has 0 saturated heterocycles. The van der Waals surface area contributed by atoms with Gasteiger partial charge >= 0.3 is 9.08 Å². The summed E-state index contributed by atoms with van der Waals surface area (Å²) in [5.41, 5.74) is 1.66. The second-order valence-corrected chi connectivity index (χ2v) is 5.06. The van der Waals surface area contributed by atoms with Crippen molar-refractivity contribution in [3.05, 3.63) is 35.4 Å². The van der Waals surface area contributed by atoms with Crippen molar-refractivity contribution in [1.29, 1.82) is 0 Å². The molecule has 78 valence electrons. The number of hydrogen-bond acceptors (Lipinski definition) is 0. The van der Waals surface area contributed by atoms with E-state index in [2.05, 4.69) is 0 Å². The number of rotatable bonds is 4. The lowest BCUT2D eigenvalue weighted by Gasteiger charge is -2.03. The first kappa shape index (κ1) is 11.6. The highest BCUT2D eigenvalue weighted by Gasteiger charge is 2.35. The highest BCUT2D eigenvalue weighted by molar-refractivity contribution is 6.58. The van der Waals surface area contributed by atoms with Gasteiger partial charge in [0, 0.05) is 11.9 Å². The fourth-order valence-corrected chi connectivity index (χ4v) is 1.83. The van der Waals surface area contributed by atoms with Gasteiger partial charge in [0.1, 0.15) is 0 Å². The summed E-state index contributed by atoms with van der Waals surface area (Å²) in [5.74, 6) is 0.397. The van der Waals surface area contributed by atoms with Gasteiger partial charge in [0.25, 0.3) is 0 Å². The Labute approximate surface area is 87.2 Å². The van der Waals surface area contributed by atoms with E-state index >= 15 is 0 Å². The van der Waals surface area contributed by atoms with Crippen LogP contribution in [0.4, 0.5) is 12.3 Å². The van der Waals surface area contributed by atoms with Crippen LogP contribution in [0.1, 0.15) is 11.1 Å². The van der Waals surface area contributed by atoms with Crippen LogP contribution >= 0.6 is 11.6 Å². The van der Waals surface area contributed by atoms with Gasteiger partial charge in [0.2, 0.25) is 0 Å². The van der Waals surface area contributed by atoms with Crippen LogP contribution in [-0.4, -0.2) is 9.08 Å². The molecular weight excluding hydrogens is 229 g/mol. The Morgan fingerprint density at radius 3 is 1.93 bits per heavy atom. The maximum Gasteiger partial charge on any atom is 0.616 e. The number of benzene rings is 1. The molecule has 0 saturated carbocycles. The average Bonchev–Trinajstić information content (AvgIpc) is 2.14. The quantitative estimate of drug-likeness (QED) is 0.425. The number of alkyl halides is 1. The molecule has 0 nitrogen and oxygen atoms in total. The van der Waals surface area contributed by atoms with Crippen LogP contribution in [0.3, 0.4) is 0 Å². The van der Waals surface area contributed by atoms with Gasteiger partial charge in [-0.05, 0) is 17.5 Å². The van der Waals surface area contributed by atoms with Crippen LogP contribution in [0, 0.1) is 0 Å². The highest BCUT2D eigenvalue weighted by atomic mass is 35.5. The lowest BCUT2D eigenvalue weighted by Crippen LogP contribution is -2.15. The fraction of sp³-hybridized carbons (Fsp3) is 0.333. The van der Waals surface area contributed by atoms with Crippen molar-refractivity contribution in [2.24, 2.45) is 0 Å². The molecule has 0 atom stereocenters. The molecule has 1 aromatic carbocycles. The van der Waals surface area contributed by atoms with Crippen molar-refractivity contribution in [1.82, 2.24) is 0 Å². The summed E-state index contributed by atoms with van der Waals surface area (Å²) in [6.07, 6.45) is 0.0955. The Hall–Kier alpha value is -0.483. The van der Waals surface area contributed by atoms with E-state index in [0.29, 0.717) is 5.88 Å². The molecule has 0 aromatic heterocycles. The van der Waals surface area contributed by atoms with Gasteiger partial charge in [-0.25, -0.2) is 12.3 Å². The summed E-state index contributed by atoms with van der Waals surface area (Å²) < 4.78 is 36.0. The molecule has 0 spiro atoms. The van der Waals surface area contributed by atoms with E-state index in [1.165, 1.54) is 0 Å². The standard InChI is InChI=1S/C9H10ClF3Si/c10-7-9-3-1-8(2-4-9)5-6-14(11,12)13/h1-4H,5-7H2. The van der Waals surface area contributed by atoms with Crippen molar-refractivity contribution in [2.75, 3.05) is 0 Å². The van der Waals surface area contributed by atoms with E-state index in [1.54, 1.807) is 24.3 Å². The molecule has 5 heteroatoms. The van der Waals surface area contributed by atoms with Gasteiger partial charge in [-0.15, -0.1) is 11.6 Å². The van der Waals surface area contributed by atoms with Gasteiger partial charge in [-0.3, -0.25) is 0 Å². The number of halogens is 4. The fourth-order valence-electron chi connectivity index (χ4n) is 1.08. The third kappa shape index (κ3) is 4.15. The van der Waals surface area contributed by atoms with Gasteiger partial charge in [0.15, 0.2) is 0 Å². The Morgan fingerprint density at radius 2 is 1.50 bits per heavy atom. The minimum absolute atomic E-state index is 0.0955. The molecule has 0 unspecified atom stereocenters. The predicted molar refractivity (Wildman–Crippen MR) is 53.6 cm³/mol. The van der Waals surface area contributed by atoms with E-state index in [4.69, 9.17) is 11.6 Å². The summed E-state index contributed by atoms with van der Waals surface area (Å²) in [6.45, 7) is 0. The van der Waals surface area contributed by atoms with Crippen LogP contribution in [0.2, 0.25) is 6.04 Å². The molecule has 0 bridgehead atoms. The molecule has 14 heavy (non-hydrogen) atoms. The summed E-state index contributed by atoms with van der Waals surface area (Å²) in [5, 5.41) is 0. The Bertz CT molecular complexity index is 281. The first-order chi connectivity index (χ1) is 6.51. The smallest absolute Gasteiger partial charge is 0.238 e. The van der Waals surface area contributed by atoms with Crippen molar-refractivity contribution >= 4 is 20.7 Å². The summed E-state index contributed by atoms with van der Waals surface area (Å²) >= 11 is 5.56. The molecule has 0 amide bonds. The third-order valence-electron chi connectivity index (χ3n) is 1.87. The Morgan fingerprint density at radius 1 is 1.00 bits per heavy atom. The molecule has 0 N–H and O–H groups in total. The minimum Gasteiger partial charge on any atom is -0.238 e. The zero-order valence-corrected chi connectivity index (χ0v) is 9.20. The summed E-state index contributed by atoms with van der Waals surface area (Å²) in [4.78, 5) is 0. The predicted octanol–water partition coefficient (Wildman–Crippen LogP) is 3.82. The van der Waals surface area contributed by atoms with Crippen molar-refractivity contribution in [3.8, 4) is 0 Å². The average molecular weight is 239 g/mol. The summed E-state index contributed by atoms with van der Waals surface area (Å²) in [6, 6.07) is 6.31. The molecule has 1 aromatic rings. The van der Waals surface area contributed by atoms with Crippen LogP contribution in [0.25, 0.3) is 0 Å². The SMILES string of the molecule is F[Si](F)(F)CCc1ccc(CCl)cc1. The molecule has 0 aliphatic heterocycles. The highest BCUT2D eigenvalue weighted by Crippen LogP contribution is 2.18. The van der Waals surface area contributed by atoms with Crippen LogP contribution in [-0.2, 0) is 12.3 Å². The normalized spacial score (nSPS) is 11.7. The van der Waals surface area contributed by atoms with Crippen molar-refractivity contribution < 1.29 is 12.3 Å². The molecule has 1 rings (SSSR count). The maximum absolute atomic E-state index is 12.0. The van der Waals surface area contributed by atoms with E-state index in [1.807, 2.05) is 0 Å². The zero-order chi connectivity index (χ0) is 10.6. The Kier molecular flexibility index (Phi) is 4.01. The largest absolute Gasteiger partial charge is 0.616 e. The second-order valence-electron chi connectivity index (χ2n) is 3.07. The Balaban J connectivity index is 2.52. The first-order valence-electron chi connectivity index (χ1n) is 4.22. The monoisotopic (exact) mass is 238 g/mol.